The van der Waals surface area contributed by atoms with Gasteiger partial charge in [0.15, 0.2) is 6.61 Å². The third-order valence-electron chi connectivity index (χ3n) is 4.35. The SMILES string of the molecule is Cc1cccc(NC(=O)COC(=O)c2ccccc2SC2CC(=O)N(C)C2=O)c1. The van der Waals surface area contributed by atoms with Gasteiger partial charge in [-0.2, -0.15) is 0 Å². The van der Waals surface area contributed by atoms with Gasteiger partial charge in [-0.1, -0.05) is 24.3 Å². The van der Waals surface area contributed by atoms with Crippen molar-refractivity contribution in [2.45, 2.75) is 23.5 Å². The molecule has 0 radical (unpaired) electrons. The summed E-state index contributed by atoms with van der Waals surface area (Å²) in [6.45, 7) is 1.47. The Morgan fingerprint density at radius 1 is 1.17 bits per heavy atom. The van der Waals surface area contributed by atoms with Crippen molar-refractivity contribution >= 4 is 41.1 Å². The Kier molecular flexibility index (Phi) is 6.33. The number of anilines is 1. The summed E-state index contributed by atoms with van der Waals surface area (Å²) in [5.74, 6) is -1.66. The molecular weight excluding hydrogens is 392 g/mol. The molecular formula is C21H20N2O5S. The minimum Gasteiger partial charge on any atom is -0.452 e. The lowest BCUT2D eigenvalue weighted by Gasteiger charge is -2.12. The van der Waals surface area contributed by atoms with Gasteiger partial charge in [-0.25, -0.2) is 4.79 Å². The summed E-state index contributed by atoms with van der Waals surface area (Å²) in [5.41, 5.74) is 1.86. The zero-order chi connectivity index (χ0) is 21.0. The molecule has 29 heavy (non-hydrogen) atoms. The summed E-state index contributed by atoms with van der Waals surface area (Å²) in [5, 5.41) is 2.09. The molecule has 0 saturated carbocycles. The molecule has 1 saturated heterocycles. The summed E-state index contributed by atoms with van der Waals surface area (Å²) >= 11 is 1.15. The fourth-order valence-corrected chi connectivity index (χ4v) is 4.06. The molecule has 1 atom stereocenters. The molecule has 1 unspecified atom stereocenters. The predicted molar refractivity (Wildman–Crippen MR) is 109 cm³/mol. The molecule has 1 aliphatic rings. The Labute approximate surface area is 172 Å². The number of rotatable bonds is 6. The van der Waals surface area contributed by atoms with Crippen LogP contribution < -0.4 is 5.32 Å². The van der Waals surface area contributed by atoms with Crippen molar-refractivity contribution in [3.8, 4) is 0 Å². The first-order valence-electron chi connectivity index (χ1n) is 8.95. The standard InChI is InChI=1S/C21H20N2O5S/c1-13-6-5-7-14(10-13)22-18(24)12-28-21(27)15-8-3-4-9-16(15)29-17-11-19(25)23(2)20(17)26/h3-10,17H,11-12H2,1-2H3,(H,22,24). The van der Waals surface area contributed by atoms with Crippen molar-refractivity contribution in [2.24, 2.45) is 0 Å². The van der Waals surface area contributed by atoms with Crippen molar-refractivity contribution in [2.75, 3.05) is 19.0 Å². The zero-order valence-corrected chi connectivity index (χ0v) is 16.8. The lowest BCUT2D eigenvalue weighted by Crippen LogP contribution is -2.26. The van der Waals surface area contributed by atoms with Gasteiger partial charge >= 0.3 is 5.97 Å². The Morgan fingerprint density at radius 3 is 2.62 bits per heavy atom. The quantitative estimate of drug-likeness (QED) is 0.579. The molecule has 2 aromatic carbocycles. The van der Waals surface area contributed by atoms with E-state index in [-0.39, 0.29) is 23.8 Å². The van der Waals surface area contributed by atoms with Crippen LogP contribution in [0.4, 0.5) is 5.69 Å². The van der Waals surface area contributed by atoms with Crippen LogP contribution in [0.25, 0.3) is 0 Å². The van der Waals surface area contributed by atoms with Gasteiger partial charge in [-0.15, -0.1) is 11.8 Å². The van der Waals surface area contributed by atoms with Crippen LogP contribution >= 0.6 is 11.8 Å². The largest absolute Gasteiger partial charge is 0.452 e. The van der Waals surface area contributed by atoms with Crippen molar-refractivity contribution in [1.82, 2.24) is 4.90 Å². The van der Waals surface area contributed by atoms with E-state index >= 15 is 0 Å². The topological polar surface area (TPSA) is 92.8 Å². The Bertz CT molecular complexity index is 975. The third-order valence-corrected chi connectivity index (χ3v) is 5.62. The first-order valence-corrected chi connectivity index (χ1v) is 9.83. The highest BCUT2D eigenvalue weighted by atomic mass is 32.2. The molecule has 3 rings (SSSR count). The maximum atomic E-state index is 12.5. The number of likely N-dealkylation sites (tertiary alicyclic amines) is 1. The second kappa shape index (κ2) is 8.91. The summed E-state index contributed by atoms with van der Waals surface area (Å²) in [4.78, 5) is 50.0. The van der Waals surface area contributed by atoms with Gasteiger partial charge in [0, 0.05) is 24.1 Å². The summed E-state index contributed by atoms with van der Waals surface area (Å²) < 4.78 is 5.14. The first-order chi connectivity index (χ1) is 13.8. The number of thioether (sulfide) groups is 1. The Morgan fingerprint density at radius 2 is 1.93 bits per heavy atom. The lowest BCUT2D eigenvalue weighted by atomic mass is 10.2. The predicted octanol–water partition coefficient (Wildman–Crippen LogP) is 2.64. The average molecular weight is 412 g/mol. The van der Waals surface area contributed by atoms with Crippen LogP contribution in [0.3, 0.4) is 0 Å². The zero-order valence-electron chi connectivity index (χ0n) is 16.0. The smallest absolute Gasteiger partial charge is 0.339 e. The molecule has 1 heterocycles. The number of carbonyl (C=O) groups excluding carboxylic acids is 4. The van der Waals surface area contributed by atoms with Gasteiger partial charge in [0.2, 0.25) is 11.8 Å². The van der Waals surface area contributed by atoms with Crippen LogP contribution in [-0.2, 0) is 19.1 Å². The van der Waals surface area contributed by atoms with E-state index in [2.05, 4.69) is 5.32 Å². The van der Waals surface area contributed by atoms with Crippen molar-refractivity contribution in [1.29, 1.82) is 0 Å². The first kappa shape index (κ1) is 20.6. The molecule has 8 heteroatoms. The fourth-order valence-electron chi connectivity index (χ4n) is 2.83. The summed E-state index contributed by atoms with van der Waals surface area (Å²) in [7, 11) is 1.44. The number of hydrogen-bond donors (Lipinski definition) is 1. The number of carbonyl (C=O) groups is 4. The van der Waals surface area contributed by atoms with Gasteiger partial charge in [-0.3, -0.25) is 19.3 Å². The van der Waals surface area contributed by atoms with E-state index in [0.717, 1.165) is 22.2 Å². The monoisotopic (exact) mass is 412 g/mol. The number of aryl methyl sites for hydroxylation is 1. The number of imide groups is 1. The van der Waals surface area contributed by atoms with Gasteiger partial charge in [0.1, 0.15) is 0 Å². The molecule has 2 aromatic rings. The van der Waals surface area contributed by atoms with Crippen LogP contribution in [-0.4, -0.2) is 47.5 Å². The highest BCUT2D eigenvalue weighted by molar-refractivity contribution is 8.00. The van der Waals surface area contributed by atoms with Crippen LogP contribution in [0.5, 0.6) is 0 Å². The number of nitrogens with one attached hydrogen (secondary N) is 1. The van der Waals surface area contributed by atoms with E-state index < -0.39 is 23.7 Å². The van der Waals surface area contributed by atoms with Gasteiger partial charge < -0.3 is 10.1 Å². The molecule has 1 fully saturated rings. The van der Waals surface area contributed by atoms with Crippen LogP contribution in [0.2, 0.25) is 0 Å². The van der Waals surface area contributed by atoms with E-state index in [4.69, 9.17) is 4.74 Å². The van der Waals surface area contributed by atoms with E-state index in [9.17, 15) is 19.2 Å². The highest BCUT2D eigenvalue weighted by Crippen LogP contribution is 2.33. The number of esters is 1. The minimum atomic E-state index is -0.669. The molecule has 0 aliphatic carbocycles. The maximum Gasteiger partial charge on any atom is 0.339 e. The van der Waals surface area contributed by atoms with Gasteiger partial charge in [-0.05, 0) is 36.8 Å². The third kappa shape index (κ3) is 5.03. The Balaban J connectivity index is 1.62. The highest BCUT2D eigenvalue weighted by Gasteiger charge is 2.37. The fraction of sp³-hybridized carbons (Fsp3) is 0.238. The molecule has 0 aromatic heterocycles. The normalized spacial score (nSPS) is 16.1. The summed E-state index contributed by atoms with van der Waals surface area (Å²) in [6.07, 6.45) is 0.0856. The maximum absolute atomic E-state index is 12.5. The van der Waals surface area contributed by atoms with Gasteiger partial charge in [0.05, 0.1) is 10.8 Å². The summed E-state index contributed by atoms with van der Waals surface area (Å²) in [6, 6.07) is 13.9. The van der Waals surface area contributed by atoms with Crippen LogP contribution in [0.15, 0.2) is 53.4 Å². The molecule has 7 nitrogen and oxygen atoms in total. The Hall–Kier alpha value is -3.13. The van der Waals surface area contributed by atoms with E-state index in [1.54, 1.807) is 30.3 Å². The van der Waals surface area contributed by atoms with Crippen molar-refractivity contribution in [3.63, 3.8) is 0 Å². The van der Waals surface area contributed by atoms with Crippen molar-refractivity contribution < 1.29 is 23.9 Å². The molecule has 150 valence electrons. The molecule has 1 N–H and O–H groups in total. The lowest BCUT2D eigenvalue weighted by molar-refractivity contribution is -0.136. The van der Waals surface area contributed by atoms with E-state index in [0.29, 0.717) is 10.6 Å². The average Bonchev–Trinajstić information content (AvgIpc) is 2.93. The second-order valence-corrected chi connectivity index (χ2v) is 7.84. The second-order valence-electron chi connectivity index (χ2n) is 6.59. The molecule has 1 aliphatic heterocycles. The molecule has 0 bridgehead atoms. The number of hydrogen-bond acceptors (Lipinski definition) is 6. The van der Waals surface area contributed by atoms with E-state index in [1.807, 2.05) is 25.1 Å². The number of nitrogens with zero attached hydrogens (tertiary/aromatic N) is 1. The van der Waals surface area contributed by atoms with Crippen LogP contribution in [0.1, 0.15) is 22.3 Å². The number of amides is 3. The molecule has 3 amide bonds. The molecule has 0 spiro atoms. The number of benzene rings is 2. The number of ether oxygens (including phenoxy) is 1. The minimum absolute atomic E-state index is 0.0856. The van der Waals surface area contributed by atoms with Crippen LogP contribution in [0, 0.1) is 6.92 Å². The van der Waals surface area contributed by atoms with E-state index in [1.165, 1.54) is 7.05 Å². The van der Waals surface area contributed by atoms with Crippen molar-refractivity contribution in [3.05, 3.63) is 59.7 Å². The van der Waals surface area contributed by atoms with Gasteiger partial charge in [0.25, 0.3) is 5.91 Å².